The lowest BCUT2D eigenvalue weighted by atomic mass is 9.90. The second kappa shape index (κ2) is 6.00. The number of hydrogen-bond donors (Lipinski definition) is 0. The first-order chi connectivity index (χ1) is 8.28. The zero-order valence-electron chi connectivity index (χ0n) is 9.86. The van der Waals surface area contributed by atoms with Crippen LogP contribution in [0.2, 0.25) is 5.28 Å². The molecule has 1 fully saturated rings. The van der Waals surface area contributed by atoms with Crippen LogP contribution in [0.4, 0.5) is 0 Å². The molecule has 0 unspecified atom stereocenters. The van der Waals surface area contributed by atoms with Gasteiger partial charge in [0.15, 0.2) is 0 Å². The molecule has 0 aromatic carbocycles. The minimum absolute atomic E-state index is 0.0931. The van der Waals surface area contributed by atoms with Gasteiger partial charge >= 0.3 is 12.0 Å². The van der Waals surface area contributed by atoms with Gasteiger partial charge in [0.2, 0.25) is 5.28 Å². The highest BCUT2D eigenvalue weighted by Gasteiger charge is 2.15. The summed E-state index contributed by atoms with van der Waals surface area (Å²) in [7, 11) is 1.48. The van der Waals surface area contributed by atoms with Crippen LogP contribution in [0.15, 0.2) is 0 Å². The average molecular weight is 258 g/mol. The predicted octanol–water partition coefficient (Wildman–Crippen LogP) is 2.49. The third kappa shape index (κ3) is 3.70. The first-order valence-corrected chi connectivity index (χ1v) is 6.24. The molecular weight excluding hydrogens is 242 g/mol. The lowest BCUT2D eigenvalue weighted by Gasteiger charge is -2.20. The lowest BCUT2D eigenvalue weighted by molar-refractivity contribution is 0.193. The quantitative estimate of drug-likeness (QED) is 0.829. The Morgan fingerprint density at radius 2 is 1.82 bits per heavy atom. The smallest absolute Gasteiger partial charge is 0.323 e. The van der Waals surface area contributed by atoms with Gasteiger partial charge in [0.05, 0.1) is 13.7 Å². The maximum absolute atomic E-state index is 5.73. The van der Waals surface area contributed by atoms with Crippen LogP contribution in [-0.2, 0) is 0 Å². The zero-order valence-corrected chi connectivity index (χ0v) is 10.6. The summed E-state index contributed by atoms with van der Waals surface area (Å²) in [5.41, 5.74) is 0. The third-order valence-electron chi connectivity index (χ3n) is 2.92. The van der Waals surface area contributed by atoms with Gasteiger partial charge in [-0.25, -0.2) is 0 Å². The van der Waals surface area contributed by atoms with Crippen molar-refractivity contribution in [1.29, 1.82) is 0 Å². The molecule has 6 heteroatoms. The number of aromatic nitrogens is 3. The van der Waals surface area contributed by atoms with Crippen molar-refractivity contribution in [3.63, 3.8) is 0 Å². The van der Waals surface area contributed by atoms with Crippen LogP contribution in [0.1, 0.15) is 32.1 Å². The van der Waals surface area contributed by atoms with Crippen molar-refractivity contribution in [2.24, 2.45) is 5.92 Å². The molecule has 1 aromatic heterocycles. The highest BCUT2D eigenvalue weighted by molar-refractivity contribution is 6.28. The van der Waals surface area contributed by atoms with Crippen molar-refractivity contribution in [3.8, 4) is 12.0 Å². The predicted molar refractivity (Wildman–Crippen MR) is 63.5 cm³/mol. The van der Waals surface area contributed by atoms with Gasteiger partial charge in [-0.2, -0.15) is 9.97 Å². The van der Waals surface area contributed by atoms with Crippen LogP contribution in [0.5, 0.6) is 12.0 Å². The second-order valence-electron chi connectivity index (χ2n) is 4.19. The van der Waals surface area contributed by atoms with Crippen molar-refractivity contribution >= 4 is 11.6 Å². The number of hydrogen-bond acceptors (Lipinski definition) is 5. The summed E-state index contributed by atoms with van der Waals surface area (Å²) in [6, 6.07) is 0.427. The molecule has 94 valence electrons. The van der Waals surface area contributed by atoms with E-state index >= 15 is 0 Å². The summed E-state index contributed by atoms with van der Waals surface area (Å²) in [5, 5.41) is 0.0931. The van der Waals surface area contributed by atoms with Gasteiger partial charge in [-0.1, -0.05) is 19.3 Å². The van der Waals surface area contributed by atoms with Crippen molar-refractivity contribution in [2.75, 3.05) is 13.7 Å². The van der Waals surface area contributed by atoms with Gasteiger partial charge in [0, 0.05) is 0 Å². The standard InChI is InChI=1S/C11H16ClN3O2/c1-16-10-13-9(12)14-11(15-10)17-7-8-5-3-2-4-6-8/h8H,2-7H2,1H3. The largest absolute Gasteiger partial charge is 0.467 e. The molecule has 0 bridgehead atoms. The molecule has 1 aromatic rings. The molecule has 0 N–H and O–H groups in total. The minimum atomic E-state index is 0.0931. The van der Waals surface area contributed by atoms with Crippen molar-refractivity contribution in [1.82, 2.24) is 15.0 Å². The summed E-state index contributed by atoms with van der Waals surface area (Å²) < 4.78 is 10.4. The number of rotatable bonds is 4. The van der Waals surface area contributed by atoms with Gasteiger partial charge in [-0.3, -0.25) is 0 Å². The van der Waals surface area contributed by atoms with Crippen LogP contribution in [0, 0.1) is 5.92 Å². The number of ether oxygens (including phenoxy) is 2. The molecule has 17 heavy (non-hydrogen) atoms. The first kappa shape index (κ1) is 12.4. The molecule has 2 rings (SSSR count). The van der Waals surface area contributed by atoms with Crippen molar-refractivity contribution < 1.29 is 9.47 Å². The van der Waals surface area contributed by atoms with E-state index in [-0.39, 0.29) is 17.3 Å². The SMILES string of the molecule is COc1nc(Cl)nc(OCC2CCCCC2)n1. The minimum Gasteiger partial charge on any atom is -0.467 e. The maximum Gasteiger partial charge on any atom is 0.323 e. The Morgan fingerprint density at radius 3 is 2.53 bits per heavy atom. The van der Waals surface area contributed by atoms with E-state index in [1.807, 2.05) is 0 Å². The van der Waals surface area contributed by atoms with E-state index in [1.54, 1.807) is 0 Å². The topological polar surface area (TPSA) is 57.1 Å². The van der Waals surface area contributed by atoms with Gasteiger partial charge in [0.1, 0.15) is 0 Å². The fourth-order valence-corrected chi connectivity index (χ4v) is 2.16. The van der Waals surface area contributed by atoms with Crippen LogP contribution < -0.4 is 9.47 Å². The van der Waals surface area contributed by atoms with Crippen LogP contribution in [0.3, 0.4) is 0 Å². The van der Waals surface area contributed by atoms with Crippen molar-refractivity contribution in [3.05, 3.63) is 5.28 Å². The Kier molecular flexibility index (Phi) is 4.36. The van der Waals surface area contributed by atoms with E-state index in [9.17, 15) is 0 Å². The van der Waals surface area contributed by atoms with E-state index in [1.165, 1.54) is 39.2 Å². The Bertz CT molecular complexity index is 370. The molecule has 0 aliphatic heterocycles. The molecule has 0 spiro atoms. The maximum atomic E-state index is 5.73. The second-order valence-corrected chi connectivity index (χ2v) is 4.53. The highest BCUT2D eigenvalue weighted by Crippen LogP contribution is 2.24. The molecule has 0 saturated heterocycles. The summed E-state index contributed by atoms with van der Waals surface area (Å²) in [6.07, 6.45) is 6.35. The summed E-state index contributed by atoms with van der Waals surface area (Å²) in [5.74, 6) is 0.602. The number of nitrogens with zero attached hydrogens (tertiary/aromatic N) is 3. The van der Waals surface area contributed by atoms with E-state index < -0.39 is 0 Å². The molecule has 1 aliphatic rings. The van der Waals surface area contributed by atoms with Crippen molar-refractivity contribution in [2.45, 2.75) is 32.1 Å². The lowest BCUT2D eigenvalue weighted by Crippen LogP contribution is -2.16. The fourth-order valence-electron chi connectivity index (χ4n) is 2.02. The fraction of sp³-hybridized carbons (Fsp3) is 0.727. The molecular formula is C11H16ClN3O2. The molecule has 0 radical (unpaired) electrons. The zero-order chi connectivity index (χ0) is 12.1. The van der Waals surface area contributed by atoms with Crippen LogP contribution in [0.25, 0.3) is 0 Å². The number of methoxy groups -OCH3 is 1. The molecule has 1 heterocycles. The summed E-state index contributed by atoms with van der Waals surface area (Å²) in [6.45, 7) is 0.642. The highest BCUT2D eigenvalue weighted by atomic mass is 35.5. The Morgan fingerprint density at radius 1 is 1.12 bits per heavy atom. The molecule has 0 atom stereocenters. The normalized spacial score (nSPS) is 16.8. The van der Waals surface area contributed by atoms with E-state index in [0.717, 1.165) is 0 Å². The summed E-state index contributed by atoms with van der Waals surface area (Å²) >= 11 is 5.73. The van der Waals surface area contributed by atoms with E-state index in [2.05, 4.69) is 15.0 Å². The molecule has 1 aliphatic carbocycles. The van der Waals surface area contributed by atoms with Gasteiger partial charge in [0.25, 0.3) is 0 Å². The Balaban J connectivity index is 1.91. The van der Waals surface area contributed by atoms with E-state index in [0.29, 0.717) is 12.5 Å². The summed E-state index contributed by atoms with van der Waals surface area (Å²) in [4.78, 5) is 11.7. The van der Waals surface area contributed by atoms with Gasteiger partial charge in [-0.15, -0.1) is 4.98 Å². The monoisotopic (exact) mass is 257 g/mol. The molecule has 0 amide bonds. The van der Waals surface area contributed by atoms with Crippen LogP contribution >= 0.6 is 11.6 Å². The first-order valence-electron chi connectivity index (χ1n) is 5.86. The Labute approximate surface area is 106 Å². The third-order valence-corrected chi connectivity index (χ3v) is 3.09. The molecule has 5 nitrogen and oxygen atoms in total. The van der Waals surface area contributed by atoms with Gasteiger partial charge < -0.3 is 9.47 Å². The average Bonchev–Trinajstić information content (AvgIpc) is 2.37. The Hall–Kier alpha value is -1.10. The van der Waals surface area contributed by atoms with E-state index in [4.69, 9.17) is 21.1 Å². The van der Waals surface area contributed by atoms with Gasteiger partial charge in [-0.05, 0) is 30.4 Å². The molecule has 1 saturated carbocycles. The van der Waals surface area contributed by atoms with Crippen LogP contribution in [-0.4, -0.2) is 28.7 Å². The number of halogens is 1.